The van der Waals surface area contributed by atoms with Gasteiger partial charge in [0, 0.05) is 6.54 Å². The van der Waals surface area contributed by atoms with E-state index in [1.807, 2.05) is 0 Å². The highest BCUT2D eigenvalue weighted by atomic mass is 32.2. The van der Waals surface area contributed by atoms with Crippen LogP contribution >= 0.6 is 0 Å². The Morgan fingerprint density at radius 1 is 1.07 bits per heavy atom. The molecule has 0 spiro atoms. The Kier molecular flexibility index (Phi) is 8.02. The van der Waals surface area contributed by atoms with Crippen LogP contribution in [0, 0.1) is 0 Å². The van der Waals surface area contributed by atoms with Crippen molar-refractivity contribution in [3.05, 3.63) is 0 Å². The molecule has 0 radical (unpaired) electrons. The molecular weight excluding hydrogens is 207 g/mol. The van der Waals surface area contributed by atoms with Crippen LogP contribution in [0.2, 0.25) is 0 Å². The highest BCUT2D eigenvalue weighted by molar-refractivity contribution is 7.87. The van der Waals surface area contributed by atoms with E-state index in [1.54, 1.807) is 0 Å². The predicted octanol–water partition coefficient (Wildman–Crippen LogP) is 1.66. The zero-order valence-electron chi connectivity index (χ0n) is 8.55. The first-order valence-corrected chi connectivity index (χ1v) is 6.47. The van der Waals surface area contributed by atoms with Gasteiger partial charge >= 0.3 is 10.2 Å². The van der Waals surface area contributed by atoms with Crippen molar-refractivity contribution in [2.45, 2.75) is 45.4 Å². The molecule has 0 bridgehead atoms. The van der Waals surface area contributed by atoms with Crippen LogP contribution in [-0.4, -0.2) is 15.0 Å². The van der Waals surface area contributed by atoms with Gasteiger partial charge < -0.3 is 0 Å². The summed E-state index contributed by atoms with van der Waals surface area (Å²) in [4.78, 5) is 0.714. The van der Waals surface area contributed by atoms with Gasteiger partial charge in [-0.05, 0) is 11.4 Å². The first-order valence-electron chi connectivity index (χ1n) is 4.99. The largest absolute Gasteiger partial charge is 0.303 e. The van der Waals surface area contributed by atoms with Crippen molar-refractivity contribution in [2.75, 3.05) is 6.54 Å². The average molecular weight is 226 g/mol. The third-order valence-corrected chi connectivity index (χ3v) is 2.71. The lowest BCUT2D eigenvalue weighted by molar-refractivity contribution is 0.418. The van der Waals surface area contributed by atoms with E-state index in [0.29, 0.717) is 11.5 Å². The van der Waals surface area contributed by atoms with Gasteiger partial charge in [-0.3, -0.25) is 0 Å². The molecule has 6 heteroatoms. The molecule has 0 rings (SSSR count). The highest BCUT2D eigenvalue weighted by Crippen LogP contribution is 2.04. The molecule has 0 heterocycles. The zero-order chi connectivity index (χ0) is 10.9. The Balaban J connectivity index is 3.22. The van der Waals surface area contributed by atoms with Crippen molar-refractivity contribution in [3.63, 3.8) is 0 Å². The number of hydrogen-bond acceptors (Lipinski definition) is 2. The maximum Gasteiger partial charge on any atom is 0.303 e. The van der Waals surface area contributed by atoms with Gasteiger partial charge in [-0.15, -0.1) is 4.48 Å². The molecule has 0 amide bonds. The molecule has 0 aliphatic carbocycles. The summed E-state index contributed by atoms with van der Waals surface area (Å²) in [6, 6.07) is 0. The number of unbranched alkanes of at least 4 members (excludes halogenated alkanes) is 5. The molecule has 0 atom stereocenters. The molecule has 0 aliphatic heterocycles. The lowest BCUT2D eigenvalue weighted by atomic mass is 10.1. The Bertz CT molecular complexity index is 219. The van der Waals surface area contributed by atoms with E-state index in [2.05, 4.69) is 11.6 Å². The molecule has 0 aromatic heterocycles. The van der Waals surface area contributed by atoms with Crippen LogP contribution in [0.4, 0.5) is 4.48 Å². The fraction of sp³-hybridized carbons (Fsp3) is 1.00. The van der Waals surface area contributed by atoms with Crippen molar-refractivity contribution in [1.82, 2.24) is 9.67 Å². The monoisotopic (exact) mass is 226 g/mol. The minimum atomic E-state index is -3.88. The number of hydrogen-bond donors (Lipinski definition) is 2. The van der Waals surface area contributed by atoms with Crippen LogP contribution in [0.3, 0.4) is 0 Å². The molecule has 2 N–H and O–H groups in total. The Labute approximate surface area is 85.4 Å². The predicted molar refractivity (Wildman–Crippen MR) is 54.5 cm³/mol. The molecule has 14 heavy (non-hydrogen) atoms. The van der Waals surface area contributed by atoms with Crippen molar-refractivity contribution in [3.8, 4) is 0 Å². The van der Waals surface area contributed by atoms with Gasteiger partial charge in [0.15, 0.2) is 0 Å². The molecule has 0 unspecified atom stereocenters. The van der Waals surface area contributed by atoms with Gasteiger partial charge in [-0.2, -0.15) is 8.42 Å². The second-order valence-electron chi connectivity index (χ2n) is 3.24. The van der Waals surface area contributed by atoms with Gasteiger partial charge in [0.25, 0.3) is 0 Å². The number of rotatable bonds is 9. The standard InChI is InChI=1S/C8H19FN2O2S/c1-2-3-4-5-6-7-8-10-14(12,13)11-9/h10-11H,2-8H2,1H3. The quantitative estimate of drug-likeness (QED) is 0.464. The smallest absolute Gasteiger partial charge is 0.200 e. The summed E-state index contributed by atoms with van der Waals surface area (Å²) in [6.07, 6.45) is 6.44. The van der Waals surface area contributed by atoms with Gasteiger partial charge in [-0.25, -0.2) is 4.72 Å². The fourth-order valence-corrected chi connectivity index (χ4v) is 1.61. The number of nitrogens with one attached hydrogen (secondary N) is 2. The molecule has 0 aromatic carbocycles. The normalized spacial score (nSPS) is 11.9. The fourth-order valence-electron chi connectivity index (χ4n) is 1.14. The minimum absolute atomic E-state index is 0.297. The van der Waals surface area contributed by atoms with Gasteiger partial charge in [0.2, 0.25) is 0 Å². The Morgan fingerprint density at radius 3 is 2.21 bits per heavy atom. The van der Waals surface area contributed by atoms with Crippen molar-refractivity contribution >= 4 is 10.2 Å². The minimum Gasteiger partial charge on any atom is -0.200 e. The lowest BCUT2D eigenvalue weighted by Crippen LogP contribution is -2.32. The van der Waals surface area contributed by atoms with Crippen LogP contribution in [0.5, 0.6) is 0 Å². The summed E-state index contributed by atoms with van der Waals surface area (Å²) in [5.74, 6) is 0. The summed E-state index contributed by atoms with van der Waals surface area (Å²) >= 11 is 0. The maximum absolute atomic E-state index is 11.5. The van der Waals surface area contributed by atoms with Crippen molar-refractivity contribution in [1.29, 1.82) is 0 Å². The van der Waals surface area contributed by atoms with Crippen LogP contribution in [0.25, 0.3) is 0 Å². The third-order valence-electron chi connectivity index (χ3n) is 1.92. The number of halogens is 1. The molecule has 0 fully saturated rings. The van der Waals surface area contributed by atoms with Crippen LogP contribution in [0.15, 0.2) is 0 Å². The maximum atomic E-state index is 11.5. The summed E-state index contributed by atoms with van der Waals surface area (Å²) in [7, 11) is -3.88. The van der Waals surface area contributed by atoms with Crippen molar-refractivity contribution < 1.29 is 12.9 Å². The second kappa shape index (κ2) is 8.14. The first kappa shape index (κ1) is 13.8. The Hall–Kier alpha value is -0.200. The van der Waals surface area contributed by atoms with Crippen LogP contribution in [0.1, 0.15) is 45.4 Å². The van der Waals surface area contributed by atoms with E-state index in [0.717, 1.165) is 19.3 Å². The van der Waals surface area contributed by atoms with E-state index >= 15 is 0 Å². The molecular formula is C8H19FN2O2S. The molecule has 0 saturated heterocycles. The van der Waals surface area contributed by atoms with E-state index in [4.69, 9.17) is 0 Å². The SMILES string of the molecule is CCCCCCCCNS(=O)(=O)NF. The van der Waals surface area contributed by atoms with Gasteiger partial charge in [0.1, 0.15) is 0 Å². The topological polar surface area (TPSA) is 58.2 Å². The lowest BCUT2D eigenvalue weighted by Gasteiger charge is -2.02. The molecule has 4 nitrogen and oxygen atoms in total. The summed E-state index contributed by atoms with van der Waals surface area (Å²) < 4.78 is 34.7. The first-order chi connectivity index (χ1) is 6.62. The Morgan fingerprint density at radius 2 is 1.64 bits per heavy atom. The van der Waals surface area contributed by atoms with E-state index in [1.165, 1.54) is 19.3 Å². The summed E-state index contributed by atoms with van der Waals surface area (Å²) in [6.45, 7) is 2.44. The second-order valence-corrected chi connectivity index (χ2v) is 4.69. The summed E-state index contributed by atoms with van der Waals surface area (Å²) in [5.41, 5.74) is 0. The molecule has 86 valence electrons. The van der Waals surface area contributed by atoms with Crippen LogP contribution < -0.4 is 9.67 Å². The van der Waals surface area contributed by atoms with E-state index < -0.39 is 10.2 Å². The van der Waals surface area contributed by atoms with Gasteiger partial charge in [0.05, 0.1) is 0 Å². The average Bonchev–Trinajstić information content (AvgIpc) is 2.16. The molecule has 0 saturated carbocycles. The third kappa shape index (κ3) is 8.40. The molecule has 0 aliphatic rings. The zero-order valence-corrected chi connectivity index (χ0v) is 9.37. The van der Waals surface area contributed by atoms with E-state index in [9.17, 15) is 12.9 Å². The highest BCUT2D eigenvalue weighted by Gasteiger charge is 2.05. The molecule has 0 aromatic rings. The van der Waals surface area contributed by atoms with Gasteiger partial charge in [-0.1, -0.05) is 39.0 Å². The van der Waals surface area contributed by atoms with Crippen molar-refractivity contribution in [2.24, 2.45) is 0 Å². The summed E-state index contributed by atoms with van der Waals surface area (Å²) in [5, 5.41) is 0. The van der Waals surface area contributed by atoms with Crippen LogP contribution in [-0.2, 0) is 10.2 Å². The van der Waals surface area contributed by atoms with E-state index in [-0.39, 0.29) is 0 Å².